The zero-order valence-corrected chi connectivity index (χ0v) is 12.6. The van der Waals surface area contributed by atoms with E-state index in [2.05, 4.69) is 37.6 Å². The summed E-state index contributed by atoms with van der Waals surface area (Å²) in [4.78, 5) is 11.5. The molecule has 2 N–H and O–H groups in total. The fraction of sp³-hybridized carbons (Fsp3) is 0.733. The number of nitrogens with two attached hydrogens (primary N) is 1. The fourth-order valence-electron chi connectivity index (χ4n) is 2.76. The smallest absolute Gasteiger partial charge is 0.138 e. The molecule has 0 aliphatic heterocycles. The standard InChI is InChI=1S/C15H26N4/c1-5-19(11-8-6-7-9-11)13-10-12(16)17-14(18-13)15(2,3)4/h10-11H,5-9H2,1-4H3,(H2,16,17,18). The van der Waals surface area contributed by atoms with Gasteiger partial charge in [-0.15, -0.1) is 0 Å². The van der Waals surface area contributed by atoms with Crippen LogP contribution < -0.4 is 10.6 Å². The van der Waals surface area contributed by atoms with Gasteiger partial charge >= 0.3 is 0 Å². The van der Waals surface area contributed by atoms with Gasteiger partial charge < -0.3 is 10.6 Å². The highest BCUT2D eigenvalue weighted by Crippen LogP contribution is 2.29. The van der Waals surface area contributed by atoms with Gasteiger partial charge in [0.1, 0.15) is 17.5 Å². The summed E-state index contributed by atoms with van der Waals surface area (Å²) in [5, 5.41) is 0. The fourth-order valence-corrected chi connectivity index (χ4v) is 2.76. The molecule has 1 aromatic heterocycles. The lowest BCUT2D eigenvalue weighted by Gasteiger charge is -2.30. The van der Waals surface area contributed by atoms with Crippen LogP contribution in [0.25, 0.3) is 0 Å². The number of aromatic nitrogens is 2. The van der Waals surface area contributed by atoms with Gasteiger partial charge in [-0.2, -0.15) is 0 Å². The van der Waals surface area contributed by atoms with Crippen LogP contribution in [0.2, 0.25) is 0 Å². The normalized spacial score (nSPS) is 16.8. The third kappa shape index (κ3) is 3.17. The average molecular weight is 262 g/mol. The Hall–Kier alpha value is -1.32. The summed E-state index contributed by atoms with van der Waals surface area (Å²) in [6.45, 7) is 9.53. The first-order valence-corrected chi connectivity index (χ1v) is 7.33. The summed E-state index contributed by atoms with van der Waals surface area (Å²) >= 11 is 0. The Morgan fingerprint density at radius 3 is 2.42 bits per heavy atom. The van der Waals surface area contributed by atoms with Crippen molar-refractivity contribution in [3.05, 3.63) is 11.9 Å². The Morgan fingerprint density at radius 1 is 1.26 bits per heavy atom. The highest BCUT2D eigenvalue weighted by molar-refractivity contribution is 5.48. The second kappa shape index (κ2) is 5.35. The van der Waals surface area contributed by atoms with Crippen molar-refractivity contribution in [2.45, 2.75) is 64.8 Å². The van der Waals surface area contributed by atoms with Crippen molar-refractivity contribution >= 4 is 11.6 Å². The van der Waals surface area contributed by atoms with Crippen LogP contribution in [0.1, 0.15) is 59.2 Å². The number of nitrogen functional groups attached to an aromatic ring is 1. The van der Waals surface area contributed by atoms with Crippen LogP contribution in [-0.4, -0.2) is 22.6 Å². The number of rotatable bonds is 3. The molecule has 1 aliphatic carbocycles. The van der Waals surface area contributed by atoms with E-state index in [0.717, 1.165) is 18.2 Å². The second-order valence-electron chi connectivity index (χ2n) is 6.45. The third-order valence-electron chi connectivity index (χ3n) is 3.80. The average Bonchev–Trinajstić information content (AvgIpc) is 2.82. The van der Waals surface area contributed by atoms with Crippen LogP contribution in [0.15, 0.2) is 6.07 Å². The Balaban J connectivity index is 2.34. The van der Waals surface area contributed by atoms with E-state index in [9.17, 15) is 0 Å². The van der Waals surface area contributed by atoms with Gasteiger partial charge in [-0.3, -0.25) is 0 Å². The highest BCUT2D eigenvalue weighted by atomic mass is 15.2. The molecule has 1 fully saturated rings. The van der Waals surface area contributed by atoms with Crippen LogP contribution in [0, 0.1) is 0 Å². The molecule has 0 saturated heterocycles. The van der Waals surface area contributed by atoms with Gasteiger partial charge in [0.2, 0.25) is 0 Å². The Morgan fingerprint density at radius 2 is 1.89 bits per heavy atom. The summed E-state index contributed by atoms with van der Waals surface area (Å²) in [6.07, 6.45) is 5.19. The maximum Gasteiger partial charge on any atom is 0.138 e. The zero-order valence-electron chi connectivity index (χ0n) is 12.6. The van der Waals surface area contributed by atoms with Gasteiger partial charge in [0.15, 0.2) is 0 Å². The predicted octanol–water partition coefficient (Wildman–Crippen LogP) is 3.13. The number of hydrogen-bond donors (Lipinski definition) is 1. The van der Waals surface area contributed by atoms with Crippen molar-refractivity contribution < 1.29 is 0 Å². The van der Waals surface area contributed by atoms with Gasteiger partial charge in [-0.05, 0) is 19.8 Å². The second-order valence-corrected chi connectivity index (χ2v) is 6.45. The van der Waals surface area contributed by atoms with E-state index >= 15 is 0 Å². The van der Waals surface area contributed by atoms with Gasteiger partial charge in [0.25, 0.3) is 0 Å². The molecule has 1 aliphatic rings. The van der Waals surface area contributed by atoms with E-state index in [4.69, 9.17) is 10.7 Å². The highest BCUT2D eigenvalue weighted by Gasteiger charge is 2.25. The number of nitrogens with zero attached hydrogens (tertiary/aromatic N) is 3. The third-order valence-corrected chi connectivity index (χ3v) is 3.80. The summed E-state index contributed by atoms with van der Waals surface area (Å²) in [5.74, 6) is 2.40. The molecule has 0 amide bonds. The van der Waals surface area contributed by atoms with E-state index in [1.54, 1.807) is 0 Å². The van der Waals surface area contributed by atoms with Gasteiger partial charge in [-0.25, -0.2) is 9.97 Å². The molecule has 0 bridgehead atoms. The number of anilines is 2. The molecule has 1 heterocycles. The lowest BCUT2D eigenvalue weighted by atomic mass is 9.95. The molecule has 19 heavy (non-hydrogen) atoms. The van der Waals surface area contributed by atoms with E-state index in [1.165, 1.54) is 25.7 Å². The topological polar surface area (TPSA) is 55.0 Å². The molecule has 0 unspecified atom stereocenters. The van der Waals surface area contributed by atoms with Crippen LogP contribution in [0.4, 0.5) is 11.6 Å². The molecular weight excluding hydrogens is 236 g/mol. The molecule has 4 nitrogen and oxygen atoms in total. The first-order valence-electron chi connectivity index (χ1n) is 7.33. The van der Waals surface area contributed by atoms with Crippen molar-refractivity contribution in [3.63, 3.8) is 0 Å². The first kappa shape index (κ1) is 14.1. The van der Waals surface area contributed by atoms with Crippen LogP contribution >= 0.6 is 0 Å². The lowest BCUT2D eigenvalue weighted by molar-refractivity contribution is 0.540. The van der Waals surface area contributed by atoms with Crippen LogP contribution in [0.3, 0.4) is 0 Å². The Labute approximate surface area is 116 Å². The quantitative estimate of drug-likeness (QED) is 0.909. The maximum absolute atomic E-state index is 5.97. The lowest BCUT2D eigenvalue weighted by Crippen LogP contribution is -2.34. The zero-order chi connectivity index (χ0) is 14.0. The van der Waals surface area contributed by atoms with Crippen molar-refractivity contribution in [1.82, 2.24) is 9.97 Å². The predicted molar refractivity (Wildman–Crippen MR) is 80.4 cm³/mol. The van der Waals surface area contributed by atoms with Crippen LogP contribution in [0.5, 0.6) is 0 Å². The van der Waals surface area contributed by atoms with Crippen molar-refractivity contribution in [1.29, 1.82) is 0 Å². The minimum absolute atomic E-state index is 0.0702. The van der Waals surface area contributed by atoms with Crippen LogP contribution in [-0.2, 0) is 5.41 Å². The van der Waals surface area contributed by atoms with Gasteiger partial charge in [0, 0.05) is 24.1 Å². The Kier molecular flexibility index (Phi) is 3.97. The first-order chi connectivity index (χ1) is 8.91. The molecule has 106 valence electrons. The summed E-state index contributed by atoms with van der Waals surface area (Å²) < 4.78 is 0. The SMILES string of the molecule is CCN(c1cc(N)nc(C(C)(C)C)n1)C1CCCC1. The van der Waals surface area contributed by atoms with Gasteiger partial charge in [0.05, 0.1) is 0 Å². The molecule has 0 radical (unpaired) electrons. The summed E-state index contributed by atoms with van der Waals surface area (Å²) in [7, 11) is 0. The van der Waals surface area contributed by atoms with Crippen molar-refractivity contribution in [2.24, 2.45) is 0 Å². The largest absolute Gasteiger partial charge is 0.384 e. The molecular formula is C15H26N4. The molecule has 2 rings (SSSR count). The minimum Gasteiger partial charge on any atom is -0.384 e. The van der Waals surface area contributed by atoms with E-state index in [1.807, 2.05) is 6.07 Å². The van der Waals surface area contributed by atoms with E-state index < -0.39 is 0 Å². The summed E-state index contributed by atoms with van der Waals surface area (Å²) in [5.41, 5.74) is 5.90. The van der Waals surface area contributed by atoms with E-state index in [0.29, 0.717) is 11.9 Å². The maximum atomic E-state index is 5.97. The van der Waals surface area contributed by atoms with E-state index in [-0.39, 0.29) is 5.41 Å². The summed E-state index contributed by atoms with van der Waals surface area (Å²) in [6, 6.07) is 2.53. The molecule has 4 heteroatoms. The molecule has 0 atom stereocenters. The molecule has 0 aromatic carbocycles. The molecule has 1 aromatic rings. The molecule has 1 saturated carbocycles. The Bertz CT molecular complexity index is 430. The molecule has 0 spiro atoms. The monoisotopic (exact) mass is 262 g/mol. The minimum atomic E-state index is -0.0702. The van der Waals surface area contributed by atoms with Crippen molar-refractivity contribution in [3.8, 4) is 0 Å². The number of hydrogen-bond acceptors (Lipinski definition) is 4. The van der Waals surface area contributed by atoms with Gasteiger partial charge in [-0.1, -0.05) is 33.6 Å². The van der Waals surface area contributed by atoms with Crippen molar-refractivity contribution in [2.75, 3.05) is 17.2 Å².